The fraction of sp³-hybridized carbons (Fsp3) is 0.125. The van der Waals surface area contributed by atoms with Crippen LogP contribution in [0.2, 0.25) is 5.02 Å². The van der Waals surface area contributed by atoms with Gasteiger partial charge in [0, 0.05) is 11.6 Å². The summed E-state index contributed by atoms with van der Waals surface area (Å²) >= 11 is 5.58. The summed E-state index contributed by atoms with van der Waals surface area (Å²) in [5.41, 5.74) is 6.38. The molecule has 5 heteroatoms. The number of hydrogen-bond acceptors (Lipinski definition) is 2. The van der Waals surface area contributed by atoms with Crippen molar-refractivity contribution in [3.05, 3.63) is 64.2 Å². The van der Waals surface area contributed by atoms with Crippen molar-refractivity contribution in [3.63, 3.8) is 0 Å². The molecule has 0 saturated carbocycles. The molecule has 2 aromatic rings. The van der Waals surface area contributed by atoms with Gasteiger partial charge < -0.3 is 10.5 Å². The lowest BCUT2D eigenvalue weighted by Crippen LogP contribution is -1.98. The average molecular weight is 308 g/mol. The molecule has 0 atom stereocenters. The third kappa shape index (κ3) is 4.45. The van der Waals surface area contributed by atoms with Crippen molar-refractivity contribution in [2.75, 3.05) is 6.54 Å². The Morgan fingerprint density at radius 2 is 1.95 bits per heavy atom. The largest absolute Gasteiger partial charge is 0.489 e. The van der Waals surface area contributed by atoms with E-state index in [4.69, 9.17) is 22.1 Å². The van der Waals surface area contributed by atoms with Crippen LogP contribution in [0, 0.1) is 23.5 Å². The lowest BCUT2D eigenvalue weighted by atomic mass is 10.1. The summed E-state index contributed by atoms with van der Waals surface area (Å²) in [5.74, 6) is 4.74. The highest BCUT2D eigenvalue weighted by Crippen LogP contribution is 2.21. The number of ether oxygens (including phenoxy) is 1. The van der Waals surface area contributed by atoms with Gasteiger partial charge in [0.15, 0.2) is 0 Å². The van der Waals surface area contributed by atoms with E-state index in [0.717, 1.165) is 0 Å². The van der Waals surface area contributed by atoms with Crippen LogP contribution < -0.4 is 10.5 Å². The summed E-state index contributed by atoms with van der Waals surface area (Å²) in [6.07, 6.45) is 0. The van der Waals surface area contributed by atoms with E-state index in [1.165, 1.54) is 24.3 Å². The molecule has 0 heterocycles. The molecule has 21 heavy (non-hydrogen) atoms. The minimum absolute atomic E-state index is 0.0208. The number of rotatable bonds is 3. The monoisotopic (exact) mass is 307 g/mol. The lowest BCUT2D eigenvalue weighted by Gasteiger charge is -2.07. The maximum Gasteiger partial charge on any atom is 0.145 e. The Balaban J connectivity index is 2.12. The molecular weight excluding hydrogens is 296 g/mol. The van der Waals surface area contributed by atoms with Crippen molar-refractivity contribution >= 4 is 11.6 Å². The van der Waals surface area contributed by atoms with Gasteiger partial charge >= 0.3 is 0 Å². The van der Waals surface area contributed by atoms with Gasteiger partial charge in [0.1, 0.15) is 24.0 Å². The Morgan fingerprint density at radius 1 is 1.14 bits per heavy atom. The number of hydrogen-bond donors (Lipinski definition) is 1. The van der Waals surface area contributed by atoms with Crippen LogP contribution in [-0.4, -0.2) is 6.54 Å². The van der Waals surface area contributed by atoms with Crippen LogP contribution in [0.4, 0.5) is 8.78 Å². The Morgan fingerprint density at radius 3 is 2.67 bits per heavy atom. The summed E-state index contributed by atoms with van der Waals surface area (Å²) < 4.78 is 32.1. The van der Waals surface area contributed by atoms with Crippen LogP contribution in [-0.2, 0) is 6.61 Å². The number of nitrogens with two attached hydrogens (primary N) is 1. The number of benzene rings is 2. The molecule has 108 valence electrons. The molecule has 2 rings (SSSR count). The van der Waals surface area contributed by atoms with Gasteiger partial charge in [0.25, 0.3) is 0 Å². The molecule has 0 unspecified atom stereocenters. The first-order valence-electron chi connectivity index (χ1n) is 6.15. The SMILES string of the molecule is NCC#Cc1cc(F)cc(COc2ccc(Cl)c(F)c2)c1. The zero-order valence-corrected chi connectivity index (χ0v) is 11.8. The van der Waals surface area contributed by atoms with Gasteiger partial charge in [0.2, 0.25) is 0 Å². The molecule has 0 saturated heterocycles. The van der Waals surface area contributed by atoms with Crippen LogP contribution in [0.1, 0.15) is 11.1 Å². The normalized spacial score (nSPS) is 9.90. The van der Waals surface area contributed by atoms with Gasteiger partial charge in [-0.2, -0.15) is 0 Å². The van der Waals surface area contributed by atoms with E-state index in [-0.39, 0.29) is 18.2 Å². The minimum atomic E-state index is -0.567. The summed E-state index contributed by atoms with van der Waals surface area (Å²) in [4.78, 5) is 0. The highest BCUT2D eigenvalue weighted by atomic mass is 35.5. The second kappa shape index (κ2) is 7.07. The first-order chi connectivity index (χ1) is 10.1. The zero-order chi connectivity index (χ0) is 15.2. The Bertz CT molecular complexity index is 707. The van der Waals surface area contributed by atoms with Gasteiger partial charge in [-0.1, -0.05) is 23.4 Å². The Kier molecular flexibility index (Phi) is 5.15. The smallest absolute Gasteiger partial charge is 0.145 e. The van der Waals surface area contributed by atoms with Crippen molar-refractivity contribution in [1.29, 1.82) is 0 Å². The summed E-state index contributed by atoms with van der Waals surface area (Å²) in [7, 11) is 0. The molecule has 0 amide bonds. The lowest BCUT2D eigenvalue weighted by molar-refractivity contribution is 0.304. The molecule has 0 aromatic heterocycles. The molecule has 2 aromatic carbocycles. The van der Waals surface area contributed by atoms with E-state index in [1.807, 2.05) is 0 Å². The van der Waals surface area contributed by atoms with Crippen LogP contribution in [0.25, 0.3) is 0 Å². The van der Waals surface area contributed by atoms with Gasteiger partial charge in [-0.15, -0.1) is 0 Å². The summed E-state index contributed by atoms with van der Waals surface area (Å²) in [6, 6.07) is 8.46. The molecule has 0 aliphatic carbocycles. The maximum absolute atomic E-state index is 13.5. The molecule has 0 spiro atoms. The Hall–Kier alpha value is -2.09. The van der Waals surface area contributed by atoms with Crippen molar-refractivity contribution in [2.24, 2.45) is 5.73 Å². The van der Waals surface area contributed by atoms with E-state index in [2.05, 4.69) is 11.8 Å². The third-order valence-electron chi connectivity index (χ3n) is 2.59. The third-order valence-corrected chi connectivity index (χ3v) is 2.90. The predicted molar refractivity (Wildman–Crippen MR) is 78.1 cm³/mol. The minimum Gasteiger partial charge on any atom is -0.489 e. The van der Waals surface area contributed by atoms with Crippen molar-refractivity contribution in [2.45, 2.75) is 6.61 Å². The predicted octanol–water partition coefficient (Wildman–Crippen LogP) is 3.51. The van der Waals surface area contributed by atoms with E-state index in [9.17, 15) is 8.78 Å². The van der Waals surface area contributed by atoms with E-state index in [1.54, 1.807) is 12.1 Å². The van der Waals surface area contributed by atoms with Gasteiger partial charge in [-0.05, 0) is 35.9 Å². The standard InChI is InChI=1S/C16H12ClF2NO/c17-15-4-3-14(9-16(15)19)21-10-12-6-11(2-1-5-20)7-13(18)8-12/h3-4,6-9H,5,10,20H2. The summed E-state index contributed by atoms with van der Waals surface area (Å²) in [5, 5.41) is 0.0208. The first-order valence-corrected chi connectivity index (χ1v) is 6.52. The fourth-order valence-electron chi connectivity index (χ4n) is 1.69. The van der Waals surface area contributed by atoms with Crippen molar-refractivity contribution in [1.82, 2.24) is 0 Å². The molecular formula is C16H12ClF2NO. The zero-order valence-electron chi connectivity index (χ0n) is 11.0. The van der Waals surface area contributed by atoms with Crippen molar-refractivity contribution < 1.29 is 13.5 Å². The Labute approximate surface area is 126 Å². The quantitative estimate of drug-likeness (QED) is 0.881. The second-order valence-electron chi connectivity index (χ2n) is 4.22. The molecule has 2 N–H and O–H groups in total. The van der Waals surface area contributed by atoms with Gasteiger partial charge in [-0.25, -0.2) is 8.78 Å². The molecule has 0 radical (unpaired) electrons. The number of halogens is 3. The first kappa shape index (κ1) is 15.3. The van der Waals surface area contributed by atoms with E-state index >= 15 is 0 Å². The van der Waals surface area contributed by atoms with Crippen LogP contribution in [0.3, 0.4) is 0 Å². The highest BCUT2D eigenvalue weighted by Gasteiger charge is 2.04. The average Bonchev–Trinajstić information content (AvgIpc) is 2.46. The molecule has 0 aliphatic heterocycles. The van der Waals surface area contributed by atoms with E-state index < -0.39 is 11.6 Å². The van der Waals surface area contributed by atoms with Gasteiger partial charge in [-0.3, -0.25) is 0 Å². The van der Waals surface area contributed by atoms with Crippen LogP contribution >= 0.6 is 11.6 Å². The second-order valence-corrected chi connectivity index (χ2v) is 4.63. The molecule has 0 bridgehead atoms. The molecule has 2 nitrogen and oxygen atoms in total. The highest BCUT2D eigenvalue weighted by molar-refractivity contribution is 6.30. The van der Waals surface area contributed by atoms with Crippen LogP contribution in [0.5, 0.6) is 5.75 Å². The molecule has 0 aliphatic rings. The van der Waals surface area contributed by atoms with Crippen LogP contribution in [0.15, 0.2) is 36.4 Å². The summed E-state index contributed by atoms with van der Waals surface area (Å²) in [6.45, 7) is 0.294. The van der Waals surface area contributed by atoms with Gasteiger partial charge in [0.05, 0.1) is 11.6 Å². The molecule has 0 fully saturated rings. The topological polar surface area (TPSA) is 35.2 Å². The fourth-order valence-corrected chi connectivity index (χ4v) is 1.81. The van der Waals surface area contributed by atoms with Crippen molar-refractivity contribution in [3.8, 4) is 17.6 Å². The van der Waals surface area contributed by atoms with E-state index in [0.29, 0.717) is 16.9 Å². The maximum atomic E-state index is 13.5.